The van der Waals surface area contributed by atoms with E-state index >= 15 is 0 Å². The van der Waals surface area contributed by atoms with Gasteiger partial charge in [0.25, 0.3) is 11.8 Å². The first-order valence-corrected chi connectivity index (χ1v) is 19.4. The summed E-state index contributed by atoms with van der Waals surface area (Å²) in [6.45, 7) is 14.8. The number of methoxy groups -OCH3 is 1. The number of rotatable bonds is 6. The van der Waals surface area contributed by atoms with Crippen LogP contribution in [0.4, 0.5) is 26.0 Å². The van der Waals surface area contributed by atoms with Gasteiger partial charge in [-0.05, 0) is 116 Å². The van der Waals surface area contributed by atoms with E-state index in [1.807, 2.05) is 11.4 Å². The van der Waals surface area contributed by atoms with Crippen molar-refractivity contribution < 1.29 is 52.5 Å². The van der Waals surface area contributed by atoms with Gasteiger partial charge in [0.15, 0.2) is 5.69 Å². The van der Waals surface area contributed by atoms with Crippen LogP contribution in [0.2, 0.25) is 0 Å². The molecule has 1 aliphatic heterocycles. The Morgan fingerprint density at radius 3 is 2.05 bits per heavy atom. The Balaban J connectivity index is 1.52. The van der Waals surface area contributed by atoms with Crippen molar-refractivity contribution in [3.05, 3.63) is 76.4 Å². The van der Waals surface area contributed by atoms with Crippen LogP contribution in [0.1, 0.15) is 99.2 Å². The summed E-state index contributed by atoms with van der Waals surface area (Å²) in [5.41, 5.74) is 4.11. The molecular weight excluding hydrogens is 797 g/mol. The number of amides is 4. The number of esters is 1. The molecule has 6 rings (SSSR count). The van der Waals surface area contributed by atoms with Crippen LogP contribution >= 0.6 is 11.3 Å². The Bertz CT molecular complexity index is 2560. The highest BCUT2D eigenvalue weighted by atomic mass is 32.1. The van der Waals surface area contributed by atoms with Crippen molar-refractivity contribution in [1.82, 2.24) is 14.5 Å². The second-order valence-electron chi connectivity index (χ2n) is 16.6. The molecule has 0 atom stereocenters. The lowest BCUT2D eigenvalue weighted by atomic mass is 9.92. The van der Waals surface area contributed by atoms with E-state index in [0.717, 1.165) is 22.1 Å². The molecular formula is C42H44N6O11S. The molecule has 0 spiro atoms. The third kappa shape index (κ3) is 9.07. The molecule has 2 aromatic carbocycles. The molecule has 0 fully saturated rings. The third-order valence-electron chi connectivity index (χ3n) is 8.38. The first-order chi connectivity index (χ1) is 27.9. The number of nitrogens with one attached hydrogen (secondary N) is 1. The summed E-state index contributed by atoms with van der Waals surface area (Å²) in [6.07, 6.45) is -3.35. The minimum absolute atomic E-state index is 0.0377. The van der Waals surface area contributed by atoms with Crippen LogP contribution in [0.5, 0.6) is 5.75 Å². The van der Waals surface area contributed by atoms with E-state index in [4.69, 9.17) is 29.4 Å². The highest BCUT2D eigenvalue weighted by Crippen LogP contribution is 2.45. The van der Waals surface area contributed by atoms with Gasteiger partial charge in [0, 0.05) is 38.4 Å². The number of hydrogen-bond donors (Lipinski definition) is 2. The fourth-order valence-corrected chi connectivity index (χ4v) is 6.96. The largest absolute Gasteiger partial charge is 0.488 e. The average molecular weight is 841 g/mol. The second kappa shape index (κ2) is 15.7. The lowest BCUT2D eigenvalue weighted by molar-refractivity contribution is 0.0422. The third-order valence-corrected chi connectivity index (χ3v) is 9.37. The number of hydrogen-bond acceptors (Lipinski definition) is 14. The minimum Gasteiger partial charge on any atom is -0.488 e. The molecule has 0 radical (unpaired) electrons. The van der Waals surface area contributed by atoms with Gasteiger partial charge in [-0.15, -0.1) is 16.2 Å². The van der Waals surface area contributed by atoms with Gasteiger partial charge in [-0.3, -0.25) is 9.59 Å². The Morgan fingerprint density at radius 2 is 1.45 bits per heavy atom. The molecule has 0 bridgehead atoms. The van der Waals surface area contributed by atoms with E-state index in [0.29, 0.717) is 16.2 Å². The fraction of sp³-hybridized carbons (Fsp3) is 0.333. The maximum absolute atomic E-state index is 14.6. The molecule has 0 unspecified atom stereocenters. The monoisotopic (exact) mass is 840 g/mol. The van der Waals surface area contributed by atoms with E-state index < -0.39 is 58.8 Å². The van der Waals surface area contributed by atoms with Gasteiger partial charge in [0.1, 0.15) is 34.9 Å². The fourth-order valence-electron chi connectivity index (χ4n) is 6.02. The molecule has 60 heavy (non-hydrogen) atoms. The van der Waals surface area contributed by atoms with Gasteiger partial charge in [-0.2, -0.15) is 0 Å². The summed E-state index contributed by atoms with van der Waals surface area (Å²) in [4.78, 5) is 91.2. The number of thiophene rings is 1. The van der Waals surface area contributed by atoms with Crippen LogP contribution in [-0.2, 0) is 25.6 Å². The number of anilines is 2. The second-order valence-corrected chi connectivity index (χ2v) is 17.5. The van der Waals surface area contributed by atoms with Crippen LogP contribution in [0, 0.1) is 0 Å². The molecule has 4 heterocycles. The molecule has 0 aliphatic carbocycles. The number of imidazole rings is 1. The van der Waals surface area contributed by atoms with Crippen LogP contribution in [-0.4, -0.2) is 74.5 Å². The van der Waals surface area contributed by atoms with Crippen LogP contribution in [0.25, 0.3) is 32.6 Å². The maximum Gasteiger partial charge on any atom is 0.427 e. The molecule has 0 saturated carbocycles. The number of primary amides is 1. The quantitative estimate of drug-likeness (QED) is 0.121. The summed E-state index contributed by atoms with van der Waals surface area (Å²) in [5, 5.41) is 4.77. The number of nitrogens with two attached hydrogens (primary N) is 1. The van der Waals surface area contributed by atoms with Gasteiger partial charge in [-0.25, -0.2) is 33.7 Å². The van der Waals surface area contributed by atoms with Gasteiger partial charge < -0.3 is 34.7 Å². The molecule has 18 heteroatoms. The summed E-state index contributed by atoms with van der Waals surface area (Å²) >= 11 is 1.46. The number of ether oxygens (including phenoxy) is 5. The standard InChI is InChI=1S/C42H44N6O11S/c1-40(2,3)57-37(52)47-29-17-22(11-13-27(29)46-36(47)48(38(53)58-41(4,5)6)39(54)59-42(7,8)9)44-34(50)25-18-26-30(56-20-21-15-16-60-32(21)26)19-24(25)23-12-14-28(33(43)49)45-31(23)35(51)55-10/h11-19H,20H2,1-10H3,(H2,43,49)(H,44,50). The smallest absolute Gasteiger partial charge is 0.427 e. The molecule has 5 aromatic rings. The number of imide groups is 1. The Labute approximate surface area is 348 Å². The highest BCUT2D eigenvalue weighted by Gasteiger charge is 2.39. The SMILES string of the molecule is COC(=O)c1nc(C(N)=O)ccc1-c1cc2c(cc1C(=O)Nc1ccc3nc(N(C(=O)OC(C)(C)C)C(=O)OC(C)(C)C)n(C(=O)OC(C)(C)C)c3c1)-c1sccc1CO2. The molecule has 4 amide bonds. The van der Waals surface area contributed by atoms with Crippen LogP contribution in [0.3, 0.4) is 0 Å². The Hall–Kier alpha value is -6.82. The molecule has 3 aromatic heterocycles. The van der Waals surface area contributed by atoms with Gasteiger partial charge in [-0.1, -0.05) is 0 Å². The summed E-state index contributed by atoms with van der Waals surface area (Å²) in [7, 11) is 1.15. The lowest BCUT2D eigenvalue weighted by Gasteiger charge is -2.28. The van der Waals surface area contributed by atoms with E-state index in [9.17, 15) is 28.8 Å². The van der Waals surface area contributed by atoms with Gasteiger partial charge in [0.05, 0.1) is 18.1 Å². The van der Waals surface area contributed by atoms with E-state index in [-0.39, 0.29) is 51.4 Å². The first kappa shape index (κ1) is 42.8. The van der Waals surface area contributed by atoms with E-state index in [2.05, 4.69) is 15.3 Å². The van der Waals surface area contributed by atoms with Crippen molar-refractivity contribution in [2.24, 2.45) is 5.73 Å². The number of benzene rings is 2. The average Bonchev–Trinajstić information content (AvgIpc) is 3.76. The van der Waals surface area contributed by atoms with Gasteiger partial charge >= 0.3 is 24.2 Å². The van der Waals surface area contributed by atoms with Crippen molar-refractivity contribution in [3.63, 3.8) is 0 Å². The lowest BCUT2D eigenvalue weighted by Crippen LogP contribution is -2.45. The number of aromatic nitrogens is 3. The normalized spacial score (nSPS) is 12.4. The predicted molar refractivity (Wildman–Crippen MR) is 221 cm³/mol. The zero-order valence-electron chi connectivity index (χ0n) is 34.7. The maximum atomic E-state index is 14.6. The van der Waals surface area contributed by atoms with Crippen LogP contribution in [0.15, 0.2) is 53.9 Å². The highest BCUT2D eigenvalue weighted by molar-refractivity contribution is 7.13. The van der Waals surface area contributed by atoms with Crippen molar-refractivity contribution in [1.29, 1.82) is 0 Å². The summed E-state index contributed by atoms with van der Waals surface area (Å²) in [6, 6.07) is 12.3. The molecule has 1 aliphatic rings. The number of carbonyl (C=O) groups excluding carboxylic acids is 6. The number of pyridine rings is 1. The topological polar surface area (TPSA) is 221 Å². The summed E-state index contributed by atoms with van der Waals surface area (Å²) < 4.78 is 28.8. The van der Waals surface area contributed by atoms with Crippen molar-refractivity contribution in [2.45, 2.75) is 85.7 Å². The Kier molecular flexibility index (Phi) is 11.2. The Morgan fingerprint density at radius 1 is 0.800 bits per heavy atom. The first-order valence-electron chi connectivity index (χ1n) is 18.5. The van der Waals surface area contributed by atoms with Crippen molar-refractivity contribution in [2.75, 3.05) is 17.3 Å². The minimum atomic E-state index is -1.17. The molecule has 0 saturated heterocycles. The van der Waals surface area contributed by atoms with Crippen LogP contribution < -0.4 is 20.7 Å². The number of nitrogens with zero attached hydrogens (tertiary/aromatic N) is 4. The number of fused-ring (bicyclic) bond motifs is 4. The van der Waals surface area contributed by atoms with E-state index in [1.54, 1.807) is 74.4 Å². The zero-order chi connectivity index (χ0) is 44.1. The van der Waals surface area contributed by atoms with Gasteiger partial charge in [0.2, 0.25) is 5.95 Å². The van der Waals surface area contributed by atoms with E-state index in [1.165, 1.54) is 41.7 Å². The zero-order valence-corrected chi connectivity index (χ0v) is 35.5. The molecule has 3 N–H and O–H groups in total. The number of carbonyl (C=O) groups is 6. The molecule has 314 valence electrons. The molecule has 17 nitrogen and oxygen atoms in total. The predicted octanol–water partition coefficient (Wildman–Crippen LogP) is 8.32. The summed E-state index contributed by atoms with van der Waals surface area (Å²) in [5.74, 6) is -2.49. The van der Waals surface area contributed by atoms with Crippen molar-refractivity contribution in [3.8, 4) is 27.3 Å². The van der Waals surface area contributed by atoms with Crippen molar-refractivity contribution >= 4 is 70.1 Å².